The lowest BCUT2D eigenvalue weighted by Crippen LogP contribution is -2.39. The third-order valence-corrected chi connectivity index (χ3v) is 5.93. The van der Waals surface area contributed by atoms with Crippen molar-refractivity contribution in [3.63, 3.8) is 0 Å². The number of nitro benzene ring substituents is 1. The Morgan fingerprint density at radius 3 is 2.31 bits per heavy atom. The first kappa shape index (κ1) is 28.0. The molecule has 0 radical (unpaired) electrons. The van der Waals surface area contributed by atoms with Crippen LogP contribution in [0.5, 0.6) is 0 Å². The Labute approximate surface area is 207 Å². The summed E-state index contributed by atoms with van der Waals surface area (Å²) in [6.45, 7) is 4.09. The highest BCUT2D eigenvalue weighted by molar-refractivity contribution is 5.77. The topological polar surface area (TPSA) is 122 Å². The molecule has 0 fully saturated rings. The maximum absolute atomic E-state index is 12.7. The quantitative estimate of drug-likeness (QED) is 0.161. The molecule has 190 valence electrons. The second-order valence-corrected chi connectivity index (χ2v) is 8.89. The molecular formula is C27H36N2O6. The van der Waals surface area contributed by atoms with Gasteiger partial charge in [0.15, 0.2) is 0 Å². The van der Waals surface area contributed by atoms with Crippen LogP contribution in [0.2, 0.25) is 0 Å². The molecule has 35 heavy (non-hydrogen) atoms. The third-order valence-electron chi connectivity index (χ3n) is 5.93. The van der Waals surface area contributed by atoms with Crippen LogP contribution >= 0.6 is 0 Å². The molecule has 0 heterocycles. The number of esters is 2. The van der Waals surface area contributed by atoms with Crippen LogP contribution in [0.3, 0.4) is 0 Å². The normalized spacial score (nSPS) is 13.5. The first-order valence-corrected chi connectivity index (χ1v) is 12.2. The van der Waals surface area contributed by atoms with E-state index in [-0.39, 0.29) is 24.6 Å². The third kappa shape index (κ3) is 10.3. The molecule has 2 aromatic carbocycles. The van der Waals surface area contributed by atoms with Crippen LogP contribution in [0.15, 0.2) is 54.6 Å². The molecule has 8 nitrogen and oxygen atoms in total. The van der Waals surface area contributed by atoms with E-state index in [1.165, 1.54) is 12.1 Å². The predicted molar refractivity (Wildman–Crippen MR) is 133 cm³/mol. The summed E-state index contributed by atoms with van der Waals surface area (Å²) in [5.74, 6) is -1.08. The van der Waals surface area contributed by atoms with E-state index in [0.717, 1.165) is 37.7 Å². The number of benzene rings is 2. The molecule has 0 spiro atoms. The van der Waals surface area contributed by atoms with Gasteiger partial charge in [-0.3, -0.25) is 19.7 Å². The molecular weight excluding hydrogens is 448 g/mol. The first-order valence-electron chi connectivity index (χ1n) is 12.2. The lowest BCUT2D eigenvalue weighted by molar-refractivity contribution is -0.384. The summed E-state index contributed by atoms with van der Waals surface area (Å²) in [5.41, 5.74) is 7.63. The zero-order valence-electron chi connectivity index (χ0n) is 20.6. The molecule has 0 aliphatic heterocycles. The summed E-state index contributed by atoms with van der Waals surface area (Å²) < 4.78 is 11.1. The van der Waals surface area contributed by atoms with E-state index < -0.39 is 29.0 Å². The molecule has 2 N–H and O–H groups in total. The number of ether oxygens (including phenoxy) is 2. The number of hydrogen-bond donors (Lipinski definition) is 1. The van der Waals surface area contributed by atoms with E-state index in [1.54, 1.807) is 12.1 Å². The standard InChI is InChI=1S/C27H36N2O6/c1-3-4-5-7-10-20(2)25(35-27(31)24(28)17-21-11-8-6-9-12-21)18-26(30)34-19-22-13-15-23(16-14-22)29(32)33/h6,8-9,11-16,20,24-25H,3-5,7,10,17-19,28H2,1-2H3/t20-,24-,25-/m0/s1. The summed E-state index contributed by atoms with van der Waals surface area (Å²) in [6, 6.07) is 14.4. The van der Waals surface area contributed by atoms with Crippen LogP contribution in [0.4, 0.5) is 5.69 Å². The molecule has 0 aromatic heterocycles. The Balaban J connectivity index is 1.96. The van der Waals surface area contributed by atoms with Crippen LogP contribution in [0.1, 0.15) is 63.5 Å². The summed E-state index contributed by atoms with van der Waals surface area (Å²) >= 11 is 0. The van der Waals surface area contributed by atoms with Crippen molar-refractivity contribution in [2.24, 2.45) is 11.7 Å². The number of rotatable bonds is 15. The van der Waals surface area contributed by atoms with Gasteiger partial charge in [-0.05, 0) is 42.0 Å². The number of carbonyl (C=O) groups is 2. The average Bonchev–Trinajstić information content (AvgIpc) is 2.85. The molecule has 2 rings (SSSR count). The van der Waals surface area contributed by atoms with Crippen molar-refractivity contribution in [3.05, 3.63) is 75.8 Å². The molecule has 0 aliphatic carbocycles. The van der Waals surface area contributed by atoms with Crippen molar-refractivity contribution >= 4 is 17.6 Å². The summed E-state index contributed by atoms with van der Waals surface area (Å²) in [5, 5.41) is 10.8. The highest BCUT2D eigenvalue weighted by atomic mass is 16.6. The molecule has 0 saturated heterocycles. The Morgan fingerprint density at radius 1 is 1.00 bits per heavy atom. The fraction of sp³-hybridized carbons (Fsp3) is 0.481. The van der Waals surface area contributed by atoms with E-state index in [9.17, 15) is 19.7 Å². The number of unbranched alkanes of at least 4 members (excludes halogenated alkanes) is 3. The smallest absolute Gasteiger partial charge is 0.323 e. The van der Waals surface area contributed by atoms with Crippen LogP contribution in [0, 0.1) is 16.0 Å². The van der Waals surface area contributed by atoms with Crippen LogP contribution in [-0.4, -0.2) is 29.0 Å². The zero-order chi connectivity index (χ0) is 25.6. The van der Waals surface area contributed by atoms with Crippen LogP contribution in [0.25, 0.3) is 0 Å². The van der Waals surface area contributed by atoms with Crippen molar-refractivity contribution in [1.29, 1.82) is 0 Å². The van der Waals surface area contributed by atoms with Gasteiger partial charge < -0.3 is 15.2 Å². The lowest BCUT2D eigenvalue weighted by atomic mass is 9.94. The van der Waals surface area contributed by atoms with Gasteiger partial charge in [-0.1, -0.05) is 69.9 Å². The fourth-order valence-electron chi connectivity index (χ4n) is 3.73. The summed E-state index contributed by atoms with van der Waals surface area (Å²) in [7, 11) is 0. The molecule has 8 heteroatoms. The minimum atomic E-state index is -0.830. The molecule has 3 atom stereocenters. The Bertz CT molecular complexity index is 932. The van der Waals surface area contributed by atoms with Gasteiger partial charge in [0, 0.05) is 12.1 Å². The van der Waals surface area contributed by atoms with Gasteiger partial charge >= 0.3 is 11.9 Å². The molecule has 0 aliphatic rings. The van der Waals surface area contributed by atoms with Gasteiger partial charge in [0.2, 0.25) is 0 Å². The van der Waals surface area contributed by atoms with Gasteiger partial charge in [-0.2, -0.15) is 0 Å². The van der Waals surface area contributed by atoms with Gasteiger partial charge in [-0.15, -0.1) is 0 Å². The Morgan fingerprint density at radius 2 is 1.69 bits per heavy atom. The monoisotopic (exact) mass is 484 g/mol. The first-order chi connectivity index (χ1) is 16.8. The van der Waals surface area contributed by atoms with Gasteiger partial charge in [-0.25, -0.2) is 0 Å². The number of nitrogens with two attached hydrogens (primary N) is 1. The molecule has 0 amide bonds. The van der Waals surface area contributed by atoms with E-state index >= 15 is 0 Å². The SMILES string of the molecule is CCCCCC[C@H](C)[C@H](CC(=O)OCc1ccc([N+](=O)[O-])cc1)OC(=O)[C@@H](N)Cc1ccccc1. The van der Waals surface area contributed by atoms with E-state index in [1.807, 2.05) is 37.3 Å². The number of nitrogens with zero attached hydrogens (tertiary/aromatic N) is 1. The van der Waals surface area contributed by atoms with Crippen molar-refractivity contribution in [2.45, 2.75) is 77.5 Å². The largest absolute Gasteiger partial charge is 0.461 e. The highest BCUT2D eigenvalue weighted by Gasteiger charge is 2.28. The minimum Gasteiger partial charge on any atom is -0.461 e. The van der Waals surface area contributed by atoms with E-state index in [0.29, 0.717) is 12.0 Å². The van der Waals surface area contributed by atoms with Crippen molar-refractivity contribution in [2.75, 3.05) is 0 Å². The summed E-state index contributed by atoms with van der Waals surface area (Å²) in [4.78, 5) is 35.6. The predicted octanol–water partition coefficient (Wildman–Crippen LogP) is 5.12. The fourth-order valence-corrected chi connectivity index (χ4v) is 3.73. The second kappa shape index (κ2) is 14.9. The van der Waals surface area contributed by atoms with E-state index in [4.69, 9.17) is 15.2 Å². The maximum Gasteiger partial charge on any atom is 0.323 e. The molecule has 0 saturated carbocycles. The summed E-state index contributed by atoms with van der Waals surface area (Å²) in [6.07, 6.45) is 4.77. The lowest BCUT2D eigenvalue weighted by Gasteiger charge is -2.25. The van der Waals surface area contributed by atoms with Gasteiger partial charge in [0.25, 0.3) is 5.69 Å². The Kier molecular flexibility index (Phi) is 11.9. The number of non-ortho nitro benzene ring substituents is 1. The molecule has 0 bridgehead atoms. The molecule has 0 unspecified atom stereocenters. The van der Waals surface area contributed by atoms with Gasteiger partial charge in [0.05, 0.1) is 11.3 Å². The highest BCUT2D eigenvalue weighted by Crippen LogP contribution is 2.21. The van der Waals surface area contributed by atoms with Crippen molar-refractivity contribution in [3.8, 4) is 0 Å². The van der Waals surface area contributed by atoms with Gasteiger partial charge in [0.1, 0.15) is 18.8 Å². The van der Waals surface area contributed by atoms with Crippen molar-refractivity contribution in [1.82, 2.24) is 0 Å². The average molecular weight is 485 g/mol. The van der Waals surface area contributed by atoms with Crippen LogP contribution < -0.4 is 5.73 Å². The number of hydrogen-bond acceptors (Lipinski definition) is 7. The molecule has 2 aromatic rings. The number of carbonyl (C=O) groups excluding carboxylic acids is 2. The minimum absolute atomic E-state index is 0.0180. The van der Waals surface area contributed by atoms with Crippen molar-refractivity contribution < 1.29 is 24.0 Å². The zero-order valence-corrected chi connectivity index (χ0v) is 20.6. The van der Waals surface area contributed by atoms with Crippen LogP contribution in [-0.2, 0) is 32.1 Å². The maximum atomic E-state index is 12.7. The second-order valence-electron chi connectivity index (χ2n) is 8.89. The van der Waals surface area contributed by atoms with E-state index in [2.05, 4.69) is 6.92 Å². The number of nitro groups is 1. The Hall–Kier alpha value is -3.26.